The van der Waals surface area contributed by atoms with Crippen LogP contribution in [0.2, 0.25) is 5.02 Å². The van der Waals surface area contributed by atoms with Crippen LogP contribution in [-0.2, 0) is 11.9 Å². The van der Waals surface area contributed by atoms with E-state index in [1.54, 1.807) is 6.07 Å². The fourth-order valence-electron chi connectivity index (χ4n) is 1.72. The molecule has 0 spiro atoms. The SMILES string of the molecule is Cc1ccc(COc2ccc(F)cc2CBr)c(Cl)c1. The van der Waals surface area contributed by atoms with Crippen molar-refractivity contribution in [2.24, 2.45) is 0 Å². The van der Waals surface area contributed by atoms with E-state index in [1.807, 2.05) is 25.1 Å². The van der Waals surface area contributed by atoms with Gasteiger partial charge in [0.05, 0.1) is 0 Å². The van der Waals surface area contributed by atoms with E-state index in [1.165, 1.54) is 12.1 Å². The number of alkyl halides is 1. The summed E-state index contributed by atoms with van der Waals surface area (Å²) in [4.78, 5) is 0. The third-order valence-corrected chi connectivity index (χ3v) is 3.71. The van der Waals surface area contributed by atoms with Crippen molar-refractivity contribution in [2.45, 2.75) is 18.9 Å². The smallest absolute Gasteiger partial charge is 0.124 e. The Labute approximate surface area is 125 Å². The van der Waals surface area contributed by atoms with E-state index in [-0.39, 0.29) is 5.82 Å². The number of ether oxygens (including phenoxy) is 1. The lowest BCUT2D eigenvalue weighted by Crippen LogP contribution is -1.99. The van der Waals surface area contributed by atoms with Crippen LogP contribution in [0.5, 0.6) is 5.75 Å². The highest BCUT2D eigenvalue weighted by Gasteiger charge is 2.06. The van der Waals surface area contributed by atoms with Gasteiger partial charge in [0.1, 0.15) is 18.2 Å². The van der Waals surface area contributed by atoms with Crippen molar-refractivity contribution in [1.82, 2.24) is 0 Å². The third-order valence-electron chi connectivity index (χ3n) is 2.76. The molecule has 2 rings (SSSR count). The Morgan fingerprint density at radius 2 is 1.95 bits per heavy atom. The second-order valence-corrected chi connectivity index (χ2v) is 5.24. The van der Waals surface area contributed by atoms with Gasteiger partial charge in [0.2, 0.25) is 0 Å². The molecule has 100 valence electrons. The number of rotatable bonds is 4. The minimum atomic E-state index is -0.268. The van der Waals surface area contributed by atoms with Gasteiger partial charge in [0, 0.05) is 21.5 Å². The second kappa shape index (κ2) is 6.40. The van der Waals surface area contributed by atoms with Crippen molar-refractivity contribution < 1.29 is 9.13 Å². The normalized spacial score (nSPS) is 10.5. The molecule has 0 fully saturated rings. The van der Waals surface area contributed by atoms with E-state index in [9.17, 15) is 4.39 Å². The summed E-state index contributed by atoms with van der Waals surface area (Å²) in [5.74, 6) is 0.394. The average molecular weight is 344 g/mol. The first-order valence-electron chi connectivity index (χ1n) is 5.82. The molecule has 0 saturated heterocycles. The van der Waals surface area contributed by atoms with Gasteiger partial charge in [0.25, 0.3) is 0 Å². The summed E-state index contributed by atoms with van der Waals surface area (Å²) in [5, 5.41) is 1.23. The number of hydrogen-bond acceptors (Lipinski definition) is 1. The highest BCUT2D eigenvalue weighted by atomic mass is 79.9. The Morgan fingerprint density at radius 3 is 2.63 bits per heavy atom. The van der Waals surface area contributed by atoms with Crippen LogP contribution in [0, 0.1) is 12.7 Å². The Bertz CT molecular complexity index is 586. The molecule has 1 nitrogen and oxygen atoms in total. The first-order chi connectivity index (χ1) is 9.10. The van der Waals surface area contributed by atoms with Crippen LogP contribution in [-0.4, -0.2) is 0 Å². The van der Waals surface area contributed by atoms with Gasteiger partial charge in [-0.05, 0) is 36.8 Å². The third kappa shape index (κ3) is 3.71. The van der Waals surface area contributed by atoms with Crippen molar-refractivity contribution in [1.29, 1.82) is 0 Å². The number of hydrogen-bond donors (Lipinski definition) is 0. The van der Waals surface area contributed by atoms with Crippen LogP contribution in [0.15, 0.2) is 36.4 Å². The Hall–Kier alpha value is -1.06. The van der Waals surface area contributed by atoms with Crippen LogP contribution < -0.4 is 4.74 Å². The maximum absolute atomic E-state index is 13.1. The summed E-state index contributed by atoms with van der Waals surface area (Å²) in [6, 6.07) is 10.3. The lowest BCUT2D eigenvalue weighted by Gasteiger charge is -2.11. The van der Waals surface area contributed by atoms with Crippen molar-refractivity contribution in [2.75, 3.05) is 0 Å². The Balaban J connectivity index is 2.14. The van der Waals surface area contributed by atoms with Crippen LogP contribution in [0.25, 0.3) is 0 Å². The van der Waals surface area contributed by atoms with Crippen LogP contribution in [0.1, 0.15) is 16.7 Å². The number of aryl methyl sites for hydroxylation is 1. The second-order valence-electron chi connectivity index (χ2n) is 4.27. The monoisotopic (exact) mass is 342 g/mol. The van der Waals surface area contributed by atoms with E-state index >= 15 is 0 Å². The largest absolute Gasteiger partial charge is 0.489 e. The standard InChI is InChI=1S/C15H13BrClFO/c1-10-2-3-11(14(17)6-10)9-19-15-5-4-13(18)7-12(15)8-16/h2-7H,8-9H2,1H3. The Morgan fingerprint density at radius 1 is 1.16 bits per heavy atom. The van der Waals surface area contributed by atoms with Crippen molar-refractivity contribution in [3.8, 4) is 5.75 Å². The summed E-state index contributed by atoms with van der Waals surface area (Å²) < 4.78 is 18.8. The van der Waals surface area contributed by atoms with Gasteiger partial charge in [-0.3, -0.25) is 0 Å². The molecule has 0 radical (unpaired) electrons. The maximum Gasteiger partial charge on any atom is 0.124 e. The van der Waals surface area contributed by atoms with Gasteiger partial charge in [-0.1, -0.05) is 39.7 Å². The quantitative estimate of drug-likeness (QED) is 0.688. The molecule has 4 heteroatoms. The molecule has 0 aliphatic carbocycles. The van der Waals surface area contributed by atoms with Gasteiger partial charge in [0.15, 0.2) is 0 Å². The van der Waals surface area contributed by atoms with Crippen LogP contribution in [0.3, 0.4) is 0 Å². The zero-order valence-electron chi connectivity index (χ0n) is 10.4. The minimum Gasteiger partial charge on any atom is -0.489 e. The highest BCUT2D eigenvalue weighted by molar-refractivity contribution is 9.08. The summed E-state index contributed by atoms with van der Waals surface area (Å²) in [6.45, 7) is 2.35. The zero-order chi connectivity index (χ0) is 13.8. The molecule has 0 bridgehead atoms. The summed E-state index contributed by atoms with van der Waals surface area (Å²) >= 11 is 9.47. The molecule has 0 heterocycles. The number of benzene rings is 2. The first-order valence-corrected chi connectivity index (χ1v) is 7.32. The predicted octanol–water partition coefficient (Wildman–Crippen LogP) is 5.26. The maximum atomic E-state index is 13.1. The van der Waals surface area contributed by atoms with E-state index in [4.69, 9.17) is 16.3 Å². The molecule has 2 aromatic rings. The Kier molecular flexibility index (Phi) is 4.83. The molecule has 2 aromatic carbocycles. The topological polar surface area (TPSA) is 9.23 Å². The zero-order valence-corrected chi connectivity index (χ0v) is 12.8. The number of halogens is 3. The van der Waals surface area contributed by atoms with E-state index in [2.05, 4.69) is 15.9 Å². The first kappa shape index (κ1) is 14.4. The van der Waals surface area contributed by atoms with Gasteiger partial charge in [-0.2, -0.15) is 0 Å². The minimum absolute atomic E-state index is 0.268. The predicted molar refractivity (Wildman–Crippen MR) is 79.6 cm³/mol. The molecule has 0 aromatic heterocycles. The van der Waals surface area contributed by atoms with Gasteiger partial charge in [-0.25, -0.2) is 4.39 Å². The molecule has 0 unspecified atom stereocenters. The fraction of sp³-hybridized carbons (Fsp3) is 0.200. The van der Waals surface area contributed by atoms with Gasteiger partial charge < -0.3 is 4.74 Å². The molecule has 0 saturated carbocycles. The average Bonchev–Trinajstić information content (AvgIpc) is 2.39. The summed E-state index contributed by atoms with van der Waals surface area (Å²) in [6.07, 6.45) is 0. The van der Waals surface area contributed by atoms with Crippen molar-refractivity contribution in [3.63, 3.8) is 0 Å². The lowest BCUT2D eigenvalue weighted by atomic mass is 10.1. The summed E-state index contributed by atoms with van der Waals surface area (Å²) in [7, 11) is 0. The highest BCUT2D eigenvalue weighted by Crippen LogP contribution is 2.25. The van der Waals surface area contributed by atoms with Crippen LogP contribution in [0.4, 0.5) is 4.39 Å². The van der Waals surface area contributed by atoms with Crippen LogP contribution >= 0.6 is 27.5 Å². The molecule has 0 aliphatic heterocycles. The van der Waals surface area contributed by atoms with Gasteiger partial charge >= 0.3 is 0 Å². The fourth-order valence-corrected chi connectivity index (χ4v) is 2.45. The van der Waals surface area contributed by atoms with Crippen molar-refractivity contribution in [3.05, 3.63) is 63.9 Å². The molecule has 0 aliphatic rings. The van der Waals surface area contributed by atoms with E-state index in [0.29, 0.717) is 22.7 Å². The van der Waals surface area contributed by atoms with Gasteiger partial charge in [-0.15, -0.1) is 0 Å². The molecular formula is C15H13BrClFO. The molecule has 0 amide bonds. The van der Waals surface area contributed by atoms with Crippen molar-refractivity contribution >= 4 is 27.5 Å². The molecular weight excluding hydrogens is 331 g/mol. The molecule has 0 N–H and O–H groups in total. The molecule has 19 heavy (non-hydrogen) atoms. The van der Waals surface area contributed by atoms with E-state index in [0.717, 1.165) is 16.7 Å². The molecule has 0 atom stereocenters. The van der Waals surface area contributed by atoms with E-state index < -0.39 is 0 Å². The lowest BCUT2D eigenvalue weighted by molar-refractivity contribution is 0.303. The summed E-state index contributed by atoms with van der Waals surface area (Å²) in [5.41, 5.74) is 2.80.